The number of carbonyl (C=O) groups is 2. The number of rotatable bonds is 7. The Labute approximate surface area is 212 Å². The van der Waals surface area contributed by atoms with Crippen LogP contribution in [0.5, 0.6) is 5.75 Å². The fraction of sp³-hybridized carbons (Fsp3) is 0.179. The van der Waals surface area contributed by atoms with Crippen LogP contribution in [0.25, 0.3) is 0 Å². The van der Waals surface area contributed by atoms with Crippen molar-refractivity contribution >= 4 is 29.9 Å². The minimum atomic E-state index is -0.698. The highest BCUT2D eigenvalue weighted by atomic mass is 32.2. The molecule has 0 saturated carbocycles. The minimum Gasteiger partial charge on any atom is -0.507 e. The summed E-state index contributed by atoms with van der Waals surface area (Å²) in [5.74, 6) is -0.577. The zero-order valence-electron chi connectivity index (χ0n) is 19.2. The average molecular weight is 501 g/mol. The van der Waals surface area contributed by atoms with E-state index in [2.05, 4.69) is 4.99 Å². The van der Waals surface area contributed by atoms with E-state index in [0.29, 0.717) is 16.9 Å². The van der Waals surface area contributed by atoms with Crippen LogP contribution in [-0.2, 0) is 14.3 Å². The van der Waals surface area contributed by atoms with Crippen LogP contribution in [0.1, 0.15) is 22.8 Å². The molecule has 2 atom stereocenters. The molecular formula is C28H24N2O5S. The van der Waals surface area contributed by atoms with Gasteiger partial charge < -0.3 is 14.9 Å². The molecule has 0 spiro atoms. The van der Waals surface area contributed by atoms with Gasteiger partial charge in [-0.1, -0.05) is 72.8 Å². The third-order valence-electron chi connectivity index (χ3n) is 6.14. The Morgan fingerprint density at radius 2 is 1.64 bits per heavy atom. The van der Waals surface area contributed by atoms with Gasteiger partial charge in [0.25, 0.3) is 5.91 Å². The zero-order chi connectivity index (χ0) is 25.1. The lowest BCUT2D eigenvalue weighted by molar-refractivity contribution is -0.153. The SMILES string of the molecule is O=C(OC(c1ccccc1)c1ccccc1)C1=C(CO)CS[C@H]2C(N=Cc3ccccc3O)C(=O)N12. The van der Waals surface area contributed by atoms with Gasteiger partial charge in [-0.25, -0.2) is 4.79 Å². The Hall–Kier alpha value is -3.88. The highest BCUT2D eigenvalue weighted by Gasteiger charge is 2.54. The van der Waals surface area contributed by atoms with Crippen molar-refractivity contribution in [3.8, 4) is 5.75 Å². The number of β-lactam (4-membered cyclic amide) rings is 1. The number of nitrogens with zero attached hydrogens (tertiary/aromatic N) is 2. The molecule has 1 saturated heterocycles. The summed E-state index contributed by atoms with van der Waals surface area (Å²) in [5.41, 5.74) is 2.62. The lowest BCUT2D eigenvalue weighted by Crippen LogP contribution is -2.64. The number of hydrogen-bond acceptors (Lipinski definition) is 7. The van der Waals surface area contributed by atoms with Crippen molar-refractivity contribution in [1.82, 2.24) is 4.90 Å². The molecule has 8 heteroatoms. The number of phenolic OH excluding ortho intramolecular Hbond substituents is 1. The number of ether oxygens (including phenoxy) is 1. The number of aromatic hydroxyl groups is 1. The van der Waals surface area contributed by atoms with Crippen molar-refractivity contribution < 1.29 is 24.5 Å². The van der Waals surface area contributed by atoms with Crippen LogP contribution < -0.4 is 0 Å². The summed E-state index contributed by atoms with van der Waals surface area (Å²) in [4.78, 5) is 32.4. The van der Waals surface area contributed by atoms with Crippen LogP contribution in [-0.4, -0.2) is 57.0 Å². The van der Waals surface area contributed by atoms with Gasteiger partial charge in [0, 0.05) is 17.5 Å². The number of hydrogen-bond donors (Lipinski definition) is 2. The second kappa shape index (κ2) is 10.4. The molecule has 1 amide bonds. The Balaban J connectivity index is 1.41. The van der Waals surface area contributed by atoms with E-state index in [1.807, 2.05) is 60.7 Å². The molecule has 0 bridgehead atoms. The summed E-state index contributed by atoms with van der Waals surface area (Å²) < 4.78 is 5.99. The standard InChI is InChI=1S/C28H24N2O5S/c31-16-21-17-36-27-23(29-15-20-13-7-8-14-22(20)32)26(33)30(27)24(21)28(34)35-25(18-9-3-1-4-10-18)19-11-5-2-6-12-19/h1-15,23,25,27,31-32H,16-17H2/t23?,27-/m0/s1. The molecule has 2 aliphatic heterocycles. The van der Waals surface area contributed by atoms with Crippen molar-refractivity contribution in [3.63, 3.8) is 0 Å². The number of aliphatic hydroxyl groups excluding tert-OH is 1. The molecule has 0 aliphatic carbocycles. The van der Waals surface area contributed by atoms with Gasteiger partial charge >= 0.3 is 5.97 Å². The van der Waals surface area contributed by atoms with E-state index in [9.17, 15) is 19.8 Å². The third kappa shape index (κ3) is 4.53. The fourth-order valence-electron chi connectivity index (χ4n) is 4.28. The van der Waals surface area contributed by atoms with E-state index in [-0.39, 0.29) is 24.0 Å². The molecule has 3 aromatic rings. The number of aliphatic imine (C=N–C) groups is 1. The number of para-hydroxylation sites is 1. The summed E-state index contributed by atoms with van der Waals surface area (Å²) in [5, 5.41) is 19.5. The van der Waals surface area contributed by atoms with E-state index in [1.54, 1.807) is 24.3 Å². The van der Waals surface area contributed by atoms with Gasteiger partial charge in [-0.3, -0.25) is 14.7 Å². The Bertz CT molecular complexity index is 1290. The largest absolute Gasteiger partial charge is 0.507 e. The number of carbonyl (C=O) groups excluding carboxylic acids is 2. The van der Waals surface area contributed by atoms with Gasteiger partial charge in [-0.15, -0.1) is 11.8 Å². The first-order valence-corrected chi connectivity index (χ1v) is 12.5. The van der Waals surface area contributed by atoms with Crippen LogP contribution in [0, 0.1) is 0 Å². The number of amides is 1. The quantitative estimate of drug-likeness (QED) is 0.292. The summed E-state index contributed by atoms with van der Waals surface area (Å²) >= 11 is 1.43. The summed E-state index contributed by atoms with van der Waals surface area (Å²) in [6.45, 7) is -0.360. The molecule has 1 unspecified atom stereocenters. The predicted octanol–water partition coefficient (Wildman–Crippen LogP) is 3.67. The fourth-order valence-corrected chi connectivity index (χ4v) is 5.61. The second-order valence-corrected chi connectivity index (χ2v) is 9.51. The molecule has 5 rings (SSSR count). The molecule has 2 N–H and O–H groups in total. The molecule has 36 heavy (non-hydrogen) atoms. The predicted molar refractivity (Wildman–Crippen MR) is 138 cm³/mol. The van der Waals surface area contributed by atoms with Crippen molar-refractivity contribution in [3.05, 3.63) is 113 Å². The first-order valence-electron chi connectivity index (χ1n) is 11.5. The van der Waals surface area contributed by atoms with E-state index in [0.717, 1.165) is 11.1 Å². The highest BCUT2D eigenvalue weighted by Crippen LogP contribution is 2.42. The summed E-state index contributed by atoms with van der Waals surface area (Å²) in [6.07, 6.45) is 0.798. The number of fused-ring (bicyclic) bond motifs is 1. The van der Waals surface area contributed by atoms with Gasteiger partial charge in [-0.05, 0) is 28.8 Å². The third-order valence-corrected chi connectivity index (χ3v) is 7.47. The maximum absolute atomic E-state index is 13.5. The molecule has 2 heterocycles. The molecule has 0 aromatic heterocycles. The smallest absolute Gasteiger partial charge is 0.356 e. The van der Waals surface area contributed by atoms with Gasteiger partial charge in [-0.2, -0.15) is 0 Å². The van der Waals surface area contributed by atoms with Crippen LogP contribution in [0.4, 0.5) is 0 Å². The number of esters is 1. The molecule has 3 aromatic carbocycles. The normalized spacial score (nSPS) is 19.4. The second-order valence-electron chi connectivity index (χ2n) is 8.41. The van der Waals surface area contributed by atoms with Gasteiger partial charge in [0.15, 0.2) is 12.1 Å². The van der Waals surface area contributed by atoms with Gasteiger partial charge in [0.1, 0.15) is 16.8 Å². The number of thioether (sulfide) groups is 1. The van der Waals surface area contributed by atoms with E-state index >= 15 is 0 Å². The van der Waals surface area contributed by atoms with Crippen molar-refractivity contribution in [2.75, 3.05) is 12.4 Å². The highest BCUT2D eigenvalue weighted by molar-refractivity contribution is 8.00. The molecule has 1 fully saturated rings. The number of benzene rings is 3. The first kappa shape index (κ1) is 23.8. The van der Waals surface area contributed by atoms with Gasteiger partial charge in [0.05, 0.1) is 6.61 Å². The van der Waals surface area contributed by atoms with E-state index in [4.69, 9.17) is 4.74 Å². The van der Waals surface area contributed by atoms with E-state index < -0.39 is 23.5 Å². The average Bonchev–Trinajstić information content (AvgIpc) is 2.92. The van der Waals surface area contributed by atoms with Crippen LogP contribution in [0.2, 0.25) is 0 Å². The molecular weight excluding hydrogens is 476 g/mol. The Morgan fingerprint density at radius 1 is 1.03 bits per heavy atom. The van der Waals surface area contributed by atoms with Crippen LogP contribution in [0.15, 0.2) is 101 Å². The molecule has 2 aliphatic rings. The van der Waals surface area contributed by atoms with E-state index in [1.165, 1.54) is 22.9 Å². The lowest BCUT2D eigenvalue weighted by atomic mass is 10.0. The van der Waals surface area contributed by atoms with Gasteiger partial charge in [0.2, 0.25) is 0 Å². The zero-order valence-corrected chi connectivity index (χ0v) is 20.0. The Kier molecular flexibility index (Phi) is 6.88. The summed E-state index contributed by atoms with van der Waals surface area (Å²) in [7, 11) is 0. The van der Waals surface area contributed by atoms with Crippen molar-refractivity contribution in [2.45, 2.75) is 17.5 Å². The molecule has 7 nitrogen and oxygen atoms in total. The Morgan fingerprint density at radius 3 is 2.25 bits per heavy atom. The van der Waals surface area contributed by atoms with Crippen molar-refractivity contribution in [1.29, 1.82) is 0 Å². The molecule has 0 radical (unpaired) electrons. The van der Waals surface area contributed by atoms with Crippen molar-refractivity contribution in [2.24, 2.45) is 4.99 Å². The van der Waals surface area contributed by atoms with Crippen LogP contribution in [0.3, 0.4) is 0 Å². The first-order chi connectivity index (χ1) is 17.6. The minimum absolute atomic E-state index is 0.0702. The van der Waals surface area contributed by atoms with Crippen LogP contribution >= 0.6 is 11.8 Å². The maximum Gasteiger partial charge on any atom is 0.356 e. The maximum atomic E-state index is 13.5. The summed E-state index contributed by atoms with van der Waals surface area (Å²) in [6, 6.07) is 24.8. The monoisotopic (exact) mass is 500 g/mol. The topological polar surface area (TPSA) is 99.4 Å². The lowest BCUT2D eigenvalue weighted by Gasteiger charge is -2.48. The molecule has 182 valence electrons. The number of phenols is 1. The number of aliphatic hydroxyl groups is 1.